The summed E-state index contributed by atoms with van der Waals surface area (Å²) < 4.78 is 15.2. The molecule has 3 atom stereocenters. The number of nitrogens with zero attached hydrogens (tertiary/aromatic N) is 7. The Balaban J connectivity index is 1.31. The summed E-state index contributed by atoms with van der Waals surface area (Å²) in [6.07, 6.45) is 4.24. The molecule has 15 heteroatoms. The number of aromatic nitrogens is 6. The fraction of sp³-hybridized carbons (Fsp3) is 0.357. The number of carbonyl (C=O) groups excluding carboxylic acids is 3. The molecule has 1 saturated heterocycles. The van der Waals surface area contributed by atoms with E-state index in [1.165, 1.54) is 23.1 Å². The van der Waals surface area contributed by atoms with Gasteiger partial charge in [0.15, 0.2) is 17.3 Å². The molecule has 2 aliphatic rings. The molecule has 0 radical (unpaired) electrons. The predicted molar refractivity (Wildman–Crippen MR) is 155 cm³/mol. The Morgan fingerprint density at radius 2 is 1.91 bits per heavy atom. The molecule has 1 aliphatic carbocycles. The number of piperidine rings is 1. The number of halogens is 2. The van der Waals surface area contributed by atoms with Crippen LogP contribution in [0.5, 0.6) is 0 Å². The Labute approximate surface area is 252 Å². The van der Waals surface area contributed by atoms with Gasteiger partial charge in [0.25, 0.3) is 5.91 Å². The molecule has 0 spiro atoms. The molecular weight excluding hydrogens is 625 g/mol. The zero-order chi connectivity index (χ0) is 30.8. The third-order valence-corrected chi connectivity index (χ3v) is 8.71. The fourth-order valence-electron chi connectivity index (χ4n) is 5.86. The van der Waals surface area contributed by atoms with E-state index >= 15 is 0 Å². The van der Waals surface area contributed by atoms with E-state index in [-0.39, 0.29) is 52.5 Å². The van der Waals surface area contributed by atoms with E-state index in [0.717, 1.165) is 6.42 Å². The first-order valence-corrected chi connectivity index (χ1v) is 14.2. The highest BCUT2D eigenvalue weighted by molar-refractivity contribution is 9.10. The average molecular weight is 652 g/mol. The highest BCUT2D eigenvalue weighted by Crippen LogP contribution is 2.59. The standard InChI is InChI=1S/C28H27BrFN9O4/c1-12-4-16(30)24(29)35-26(12)36-27(43)18-6-28(3)7-19(28)39(18)21(41)10-38-23-13(2)34-17(5-15(23)22(37-38)25(31)42)14-8-32-20(11-40)33-9-14/h4-5,8-9,18-19,40H,6-7,10-11H2,1-3H3,(H2,31,42)(H,35,36,43)/t18-,19+,28-/m0/s1. The van der Waals surface area contributed by atoms with Crippen molar-refractivity contribution in [3.63, 3.8) is 0 Å². The predicted octanol–water partition coefficient (Wildman–Crippen LogP) is 2.41. The molecule has 222 valence electrons. The van der Waals surface area contributed by atoms with Gasteiger partial charge in [0, 0.05) is 29.4 Å². The van der Waals surface area contributed by atoms with Crippen LogP contribution in [-0.2, 0) is 22.7 Å². The van der Waals surface area contributed by atoms with E-state index in [0.29, 0.717) is 39.8 Å². The van der Waals surface area contributed by atoms with Crippen LogP contribution in [0.3, 0.4) is 0 Å². The normalized spacial score (nSPS) is 20.7. The van der Waals surface area contributed by atoms with Crippen molar-refractivity contribution in [3.05, 3.63) is 57.7 Å². The smallest absolute Gasteiger partial charge is 0.269 e. The Morgan fingerprint density at radius 3 is 2.58 bits per heavy atom. The molecule has 4 N–H and O–H groups in total. The monoisotopic (exact) mass is 651 g/mol. The topological polar surface area (TPSA) is 182 Å². The van der Waals surface area contributed by atoms with E-state index in [9.17, 15) is 23.9 Å². The molecule has 6 rings (SSSR count). The van der Waals surface area contributed by atoms with Gasteiger partial charge < -0.3 is 21.1 Å². The minimum absolute atomic E-state index is 0.0276. The number of hydrogen-bond acceptors (Lipinski definition) is 9. The Hall–Kier alpha value is -4.37. The largest absolute Gasteiger partial charge is 0.388 e. The van der Waals surface area contributed by atoms with E-state index in [1.54, 1.807) is 24.8 Å². The van der Waals surface area contributed by atoms with Crippen molar-refractivity contribution in [1.82, 2.24) is 34.6 Å². The number of hydrogen-bond donors (Lipinski definition) is 3. The van der Waals surface area contributed by atoms with Gasteiger partial charge in [-0.1, -0.05) is 6.92 Å². The first kappa shape index (κ1) is 28.7. The van der Waals surface area contributed by atoms with Crippen LogP contribution in [0.25, 0.3) is 22.2 Å². The summed E-state index contributed by atoms with van der Waals surface area (Å²) in [5.74, 6) is -1.64. The number of amides is 3. The molecule has 2 fully saturated rings. The number of fused-ring (bicyclic) bond motifs is 2. The van der Waals surface area contributed by atoms with Crippen LogP contribution in [0.15, 0.2) is 29.1 Å². The number of aliphatic hydroxyl groups excluding tert-OH is 1. The van der Waals surface area contributed by atoms with Crippen LogP contribution in [-0.4, -0.2) is 69.5 Å². The second-order valence-corrected chi connectivity index (χ2v) is 12.0. The third-order valence-electron chi connectivity index (χ3n) is 8.15. The second kappa shape index (κ2) is 10.4. The lowest BCUT2D eigenvalue weighted by molar-refractivity contribution is -0.138. The van der Waals surface area contributed by atoms with Gasteiger partial charge >= 0.3 is 0 Å². The number of carbonyl (C=O) groups is 3. The fourth-order valence-corrected chi connectivity index (χ4v) is 6.16. The van der Waals surface area contributed by atoms with Gasteiger partial charge in [-0.2, -0.15) is 5.10 Å². The van der Waals surface area contributed by atoms with Crippen LogP contribution in [0, 0.1) is 25.1 Å². The number of aliphatic hydroxyl groups is 1. The maximum Gasteiger partial charge on any atom is 0.269 e. The van der Waals surface area contributed by atoms with Crippen molar-refractivity contribution in [2.75, 3.05) is 5.32 Å². The quantitative estimate of drug-likeness (QED) is 0.253. The summed E-state index contributed by atoms with van der Waals surface area (Å²) in [7, 11) is 0. The van der Waals surface area contributed by atoms with Crippen molar-refractivity contribution in [2.45, 2.75) is 58.8 Å². The third kappa shape index (κ3) is 5.01. The van der Waals surface area contributed by atoms with E-state index < -0.39 is 23.7 Å². The zero-order valence-electron chi connectivity index (χ0n) is 23.4. The summed E-state index contributed by atoms with van der Waals surface area (Å²) in [5.41, 5.74) is 7.84. The first-order chi connectivity index (χ1) is 20.4. The average Bonchev–Trinajstić information content (AvgIpc) is 3.32. The molecule has 13 nitrogen and oxygen atoms in total. The van der Waals surface area contributed by atoms with Crippen LogP contribution in [0.4, 0.5) is 10.2 Å². The number of likely N-dealkylation sites (tertiary alicyclic amines) is 1. The molecule has 1 saturated carbocycles. The number of rotatable bonds is 7. The van der Waals surface area contributed by atoms with E-state index in [4.69, 9.17) is 5.73 Å². The van der Waals surface area contributed by atoms with Crippen molar-refractivity contribution in [2.24, 2.45) is 11.1 Å². The Kier molecular flexibility index (Phi) is 6.96. The van der Waals surface area contributed by atoms with Crippen LogP contribution in [0.1, 0.15) is 47.3 Å². The van der Waals surface area contributed by atoms with E-state index in [2.05, 4.69) is 46.3 Å². The first-order valence-electron chi connectivity index (χ1n) is 13.4. The van der Waals surface area contributed by atoms with Gasteiger partial charge in [-0.05, 0) is 65.7 Å². The summed E-state index contributed by atoms with van der Waals surface area (Å²) >= 11 is 3.05. The molecule has 0 unspecified atom stereocenters. The van der Waals surface area contributed by atoms with Gasteiger partial charge in [-0.25, -0.2) is 19.3 Å². The van der Waals surface area contributed by atoms with E-state index in [1.807, 2.05) is 6.92 Å². The molecular formula is C28H27BrFN9O4. The number of nitrogens with one attached hydrogen (secondary N) is 1. The Morgan fingerprint density at radius 1 is 1.19 bits per heavy atom. The summed E-state index contributed by atoms with van der Waals surface area (Å²) in [5, 5.41) is 16.8. The van der Waals surface area contributed by atoms with Crippen molar-refractivity contribution >= 4 is 50.4 Å². The number of primary amides is 1. The lowest BCUT2D eigenvalue weighted by Gasteiger charge is -2.27. The number of nitrogens with two attached hydrogens (primary N) is 1. The van der Waals surface area contributed by atoms with Crippen LogP contribution >= 0.6 is 15.9 Å². The molecule has 4 aromatic rings. The number of pyridine rings is 2. The molecule has 5 heterocycles. The lowest BCUT2D eigenvalue weighted by atomic mass is 10.0. The van der Waals surface area contributed by atoms with Crippen molar-refractivity contribution in [1.29, 1.82) is 0 Å². The highest BCUT2D eigenvalue weighted by atomic mass is 79.9. The van der Waals surface area contributed by atoms with Crippen molar-refractivity contribution < 1.29 is 23.9 Å². The molecule has 0 bridgehead atoms. The summed E-state index contributed by atoms with van der Waals surface area (Å²) in [6, 6.07) is 2.00. The van der Waals surface area contributed by atoms with Gasteiger partial charge in [0.05, 0.1) is 16.9 Å². The zero-order valence-corrected chi connectivity index (χ0v) is 25.0. The SMILES string of the molecule is Cc1cc(F)c(Br)nc1NC(=O)[C@@H]1C[C@@]2(C)C[C@H]2N1C(=O)Cn1nc(C(N)=O)c2cc(-c3cnc(CO)nc3)nc(C)c21. The summed E-state index contributed by atoms with van der Waals surface area (Å²) in [4.78, 5) is 58.2. The van der Waals surface area contributed by atoms with Gasteiger partial charge in [0.1, 0.15) is 29.6 Å². The molecule has 4 aromatic heterocycles. The molecule has 0 aromatic carbocycles. The number of anilines is 1. The Bertz CT molecular complexity index is 1830. The number of aryl methyl sites for hydroxylation is 2. The summed E-state index contributed by atoms with van der Waals surface area (Å²) in [6.45, 7) is 4.83. The second-order valence-electron chi connectivity index (χ2n) is 11.2. The molecule has 43 heavy (non-hydrogen) atoms. The van der Waals surface area contributed by atoms with Crippen LogP contribution in [0.2, 0.25) is 0 Å². The molecule has 1 aliphatic heterocycles. The maximum absolute atomic E-state index is 13.9. The van der Waals surface area contributed by atoms with Crippen molar-refractivity contribution in [3.8, 4) is 11.3 Å². The minimum atomic E-state index is -0.777. The van der Waals surface area contributed by atoms with Gasteiger partial charge in [-0.15, -0.1) is 0 Å². The molecule has 3 amide bonds. The van der Waals surface area contributed by atoms with Gasteiger partial charge in [0.2, 0.25) is 11.8 Å². The lowest BCUT2D eigenvalue weighted by Crippen LogP contribution is -2.47. The van der Waals surface area contributed by atoms with Gasteiger partial charge in [-0.3, -0.25) is 24.0 Å². The van der Waals surface area contributed by atoms with Crippen LogP contribution < -0.4 is 11.1 Å². The maximum atomic E-state index is 13.9. The highest BCUT2D eigenvalue weighted by Gasteiger charge is 2.64. The minimum Gasteiger partial charge on any atom is -0.388 e.